The fraction of sp³-hybridized carbons (Fsp3) is 0.167. The summed E-state index contributed by atoms with van der Waals surface area (Å²) >= 11 is 0. The van der Waals surface area contributed by atoms with E-state index in [9.17, 15) is 4.39 Å². The lowest BCUT2D eigenvalue weighted by molar-refractivity contribution is 0.559. The maximum Gasteiger partial charge on any atom is 0.146 e. The van der Waals surface area contributed by atoms with Crippen molar-refractivity contribution in [2.75, 3.05) is 7.05 Å². The number of aromatic nitrogens is 2. The highest BCUT2D eigenvalue weighted by Gasteiger charge is 2.16. The molecule has 0 aliphatic carbocycles. The molecule has 1 unspecified atom stereocenters. The maximum atomic E-state index is 13.6. The summed E-state index contributed by atoms with van der Waals surface area (Å²) < 4.78 is 13.6. The van der Waals surface area contributed by atoms with Crippen molar-refractivity contribution in [2.24, 2.45) is 0 Å². The summed E-state index contributed by atoms with van der Waals surface area (Å²) in [6.45, 7) is 0. The van der Waals surface area contributed by atoms with E-state index in [0.29, 0.717) is 5.69 Å². The van der Waals surface area contributed by atoms with E-state index < -0.39 is 0 Å². The standard InChI is InChI=1S/C12H12FN3/c1-14-11(9-4-2-6-15-8-9)12-10(13)5-3-7-16-12/h2-8,11,14H,1H3. The second-order valence-electron chi connectivity index (χ2n) is 3.38. The molecule has 0 aromatic carbocycles. The number of halogens is 1. The number of nitrogens with zero attached hydrogens (tertiary/aromatic N) is 2. The van der Waals surface area contributed by atoms with Gasteiger partial charge in [0.25, 0.3) is 0 Å². The molecule has 1 atom stereocenters. The molecule has 0 amide bonds. The third-order valence-electron chi connectivity index (χ3n) is 2.37. The van der Waals surface area contributed by atoms with Crippen LogP contribution in [0, 0.1) is 5.82 Å². The van der Waals surface area contributed by atoms with Crippen molar-refractivity contribution < 1.29 is 4.39 Å². The molecule has 2 rings (SSSR count). The molecule has 16 heavy (non-hydrogen) atoms. The average molecular weight is 217 g/mol. The van der Waals surface area contributed by atoms with Gasteiger partial charge in [-0.15, -0.1) is 0 Å². The van der Waals surface area contributed by atoms with Gasteiger partial charge < -0.3 is 5.32 Å². The summed E-state index contributed by atoms with van der Waals surface area (Å²) in [6.07, 6.45) is 4.97. The van der Waals surface area contributed by atoms with Crippen molar-refractivity contribution in [2.45, 2.75) is 6.04 Å². The van der Waals surface area contributed by atoms with Crippen molar-refractivity contribution in [3.8, 4) is 0 Å². The Morgan fingerprint density at radius 1 is 1.25 bits per heavy atom. The fourth-order valence-corrected chi connectivity index (χ4v) is 1.62. The number of nitrogens with one attached hydrogen (secondary N) is 1. The van der Waals surface area contributed by atoms with Crippen LogP contribution >= 0.6 is 0 Å². The zero-order valence-electron chi connectivity index (χ0n) is 8.89. The minimum atomic E-state index is -0.314. The lowest BCUT2D eigenvalue weighted by atomic mass is 10.1. The van der Waals surface area contributed by atoms with Gasteiger partial charge in [0, 0.05) is 18.6 Å². The van der Waals surface area contributed by atoms with E-state index in [4.69, 9.17) is 0 Å². The molecule has 0 spiro atoms. The molecule has 0 saturated heterocycles. The minimum Gasteiger partial charge on any atom is -0.308 e. The molecule has 1 N–H and O–H groups in total. The van der Waals surface area contributed by atoms with Gasteiger partial charge in [0.2, 0.25) is 0 Å². The van der Waals surface area contributed by atoms with Gasteiger partial charge in [-0.2, -0.15) is 0 Å². The maximum absolute atomic E-state index is 13.6. The Balaban J connectivity index is 2.41. The van der Waals surface area contributed by atoms with Gasteiger partial charge >= 0.3 is 0 Å². The van der Waals surface area contributed by atoms with Gasteiger partial charge in [-0.25, -0.2) is 4.39 Å². The Kier molecular flexibility index (Phi) is 3.22. The molecule has 0 saturated carbocycles. The summed E-state index contributed by atoms with van der Waals surface area (Å²) in [5.74, 6) is -0.314. The second kappa shape index (κ2) is 4.81. The smallest absolute Gasteiger partial charge is 0.146 e. The highest BCUT2D eigenvalue weighted by molar-refractivity contribution is 5.25. The van der Waals surface area contributed by atoms with Crippen LogP contribution in [0.2, 0.25) is 0 Å². The molecule has 0 fully saturated rings. The van der Waals surface area contributed by atoms with Gasteiger partial charge in [-0.3, -0.25) is 9.97 Å². The average Bonchev–Trinajstić information content (AvgIpc) is 2.34. The van der Waals surface area contributed by atoms with Crippen LogP contribution in [0.3, 0.4) is 0 Å². The van der Waals surface area contributed by atoms with E-state index in [2.05, 4.69) is 15.3 Å². The number of rotatable bonds is 3. The lowest BCUT2D eigenvalue weighted by Crippen LogP contribution is -2.20. The monoisotopic (exact) mass is 217 g/mol. The van der Waals surface area contributed by atoms with E-state index in [1.807, 2.05) is 12.1 Å². The highest BCUT2D eigenvalue weighted by Crippen LogP contribution is 2.20. The summed E-state index contributed by atoms with van der Waals surface area (Å²) in [7, 11) is 1.77. The van der Waals surface area contributed by atoms with Gasteiger partial charge in [-0.1, -0.05) is 6.07 Å². The summed E-state index contributed by atoms with van der Waals surface area (Å²) in [5, 5.41) is 3.03. The molecule has 0 radical (unpaired) electrons. The largest absolute Gasteiger partial charge is 0.308 e. The molecule has 0 bridgehead atoms. The Hall–Kier alpha value is -1.81. The van der Waals surface area contributed by atoms with Crippen molar-refractivity contribution in [1.29, 1.82) is 0 Å². The van der Waals surface area contributed by atoms with E-state index in [-0.39, 0.29) is 11.9 Å². The third kappa shape index (κ3) is 2.06. The first-order chi connectivity index (χ1) is 7.83. The van der Waals surface area contributed by atoms with Gasteiger partial charge in [-0.05, 0) is 30.8 Å². The third-order valence-corrected chi connectivity index (χ3v) is 2.37. The molecule has 4 heteroatoms. The van der Waals surface area contributed by atoms with Crippen LogP contribution in [0.25, 0.3) is 0 Å². The minimum absolute atomic E-state index is 0.269. The summed E-state index contributed by atoms with van der Waals surface area (Å²) in [5.41, 5.74) is 1.28. The molecule has 0 aliphatic rings. The number of pyridine rings is 2. The van der Waals surface area contributed by atoms with E-state index in [1.54, 1.807) is 31.7 Å². The summed E-state index contributed by atoms with van der Waals surface area (Å²) in [4.78, 5) is 8.08. The molecule has 2 heterocycles. The number of hydrogen-bond donors (Lipinski definition) is 1. The summed E-state index contributed by atoms with van der Waals surface area (Å²) in [6, 6.07) is 6.43. The molecule has 82 valence electrons. The zero-order chi connectivity index (χ0) is 11.4. The molecular weight excluding hydrogens is 205 g/mol. The van der Waals surface area contributed by atoms with Crippen LogP contribution in [-0.2, 0) is 0 Å². The molecule has 0 aliphatic heterocycles. The predicted molar refractivity (Wildman–Crippen MR) is 59.3 cm³/mol. The molecule has 2 aromatic heterocycles. The van der Waals surface area contributed by atoms with Gasteiger partial charge in [0.1, 0.15) is 5.82 Å². The molecule has 3 nitrogen and oxygen atoms in total. The first-order valence-electron chi connectivity index (χ1n) is 5.00. The zero-order valence-corrected chi connectivity index (χ0v) is 8.89. The fourth-order valence-electron chi connectivity index (χ4n) is 1.62. The van der Waals surface area contributed by atoms with E-state index in [0.717, 1.165) is 5.56 Å². The molecule has 2 aromatic rings. The Labute approximate surface area is 93.4 Å². The first kappa shape index (κ1) is 10.7. The second-order valence-corrected chi connectivity index (χ2v) is 3.38. The van der Waals surface area contributed by atoms with Crippen molar-refractivity contribution >= 4 is 0 Å². The topological polar surface area (TPSA) is 37.8 Å². The Bertz CT molecular complexity index is 459. The predicted octanol–water partition coefficient (Wildman–Crippen LogP) is 1.92. The van der Waals surface area contributed by atoms with Crippen molar-refractivity contribution in [3.63, 3.8) is 0 Å². The Morgan fingerprint density at radius 3 is 2.69 bits per heavy atom. The van der Waals surface area contributed by atoms with Crippen molar-refractivity contribution in [3.05, 3.63) is 59.9 Å². The van der Waals surface area contributed by atoms with Crippen LogP contribution in [-0.4, -0.2) is 17.0 Å². The first-order valence-corrected chi connectivity index (χ1v) is 5.00. The van der Waals surface area contributed by atoms with Crippen LogP contribution in [0.5, 0.6) is 0 Å². The highest BCUT2D eigenvalue weighted by atomic mass is 19.1. The van der Waals surface area contributed by atoms with E-state index in [1.165, 1.54) is 6.07 Å². The quantitative estimate of drug-likeness (QED) is 0.853. The molecular formula is C12H12FN3. The van der Waals surface area contributed by atoms with Crippen LogP contribution in [0.15, 0.2) is 42.9 Å². The SMILES string of the molecule is CNC(c1cccnc1)c1ncccc1F. The lowest BCUT2D eigenvalue weighted by Gasteiger charge is -2.15. The Morgan fingerprint density at radius 2 is 2.06 bits per heavy atom. The number of hydrogen-bond acceptors (Lipinski definition) is 3. The van der Waals surface area contributed by atoms with Gasteiger partial charge in [0.05, 0.1) is 11.7 Å². The van der Waals surface area contributed by atoms with Crippen molar-refractivity contribution in [1.82, 2.24) is 15.3 Å². The van der Waals surface area contributed by atoms with Crippen LogP contribution in [0.1, 0.15) is 17.3 Å². The van der Waals surface area contributed by atoms with Crippen LogP contribution < -0.4 is 5.32 Å². The van der Waals surface area contributed by atoms with E-state index >= 15 is 0 Å². The van der Waals surface area contributed by atoms with Crippen LogP contribution in [0.4, 0.5) is 4.39 Å². The normalized spacial score (nSPS) is 12.4. The van der Waals surface area contributed by atoms with Gasteiger partial charge in [0.15, 0.2) is 0 Å².